The molecule has 0 fully saturated rings. The normalized spacial score (nSPS) is 11.2. The Morgan fingerprint density at radius 3 is 2.85 bits per heavy atom. The van der Waals surface area contributed by atoms with Gasteiger partial charge in [0.05, 0.1) is 22.9 Å². The number of esters is 1. The van der Waals surface area contributed by atoms with Gasteiger partial charge >= 0.3 is 5.97 Å². The average molecular weight is 286 g/mol. The lowest BCUT2D eigenvalue weighted by Crippen LogP contribution is -2.11. The summed E-state index contributed by atoms with van der Waals surface area (Å²) < 4.78 is 5.31. The maximum atomic E-state index is 11.6. The van der Waals surface area contributed by atoms with Crippen LogP contribution in [-0.2, 0) is 14.3 Å². The summed E-state index contributed by atoms with van der Waals surface area (Å²) >= 11 is 1.35. The highest BCUT2D eigenvalue weighted by molar-refractivity contribution is 7.17. The van der Waals surface area contributed by atoms with Gasteiger partial charge in [-0.2, -0.15) is 5.26 Å². The number of carbonyl (C=O) groups is 2. The van der Waals surface area contributed by atoms with Crippen molar-refractivity contribution in [2.75, 3.05) is 7.11 Å². The number of Topliss-reactive ketones (excluding diaryl/α,β-unsaturated/α-hetero) is 1. The van der Waals surface area contributed by atoms with E-state index in [1.807, 2.05) is 0 Å². The summed E-state index contributed by atoms with van der Waals surface area (Å²) in [5, 5.41) is 10.8. The molecule has 0 atom stereocenters. The largest absolute Gasteiger partial charge is 0.465 e. The Kier molecular flexibility index (Phi) is 3.91. The second kappa shape index (κ2) is 5.63. The molecule has 2 heterocycles. The van der Waals surface area contributed by atoms with Crippen LogP contribution in [0.5, 0.6) is 0 Å². The fourth-order valence-electron chi connectivity index (χ4n) is 1.71. The molecule has 2 rings (SSSR count). The van der Waals surface area contributed by atoms with Crippen molar-refractivity contribution < 1.29 is 14.3 Å². The topological polar surface area (TPSA) is 80.1 Å². The molecular weight excluding hydrogens is 276 g/mol. The number of aromatic nitrogens is 1. The Hall–Kier alpha value is -2.52. The van der Waals surface area contributed by atoms with Gasteiger partial charge in [0, 0.05) is 17.1 Å². The molecular formula is C14H10N2O3S. The number of hydrogen-bond acceptors (Lipinski definition) is 6. The van der Waals surface area contributed by atoms with Gasteiger partial charge in [-0.05, 0) is 19.1 Å². The van der Waals surface area contributed by atoms with Crippen LogP contribution in [0.2, 0.25) is 0 Å². The minimum absolute atomic E-state index is 0.0450. The van der Waals surface area contributed by atoms with Crippen molar-refractivity contribution in [1.82, 2.24) is 4.98 Å². The van der Waals surface area contributed by atoms with E-state index < -0.39 is 5.97 Å². The molecule has 0 spiro atoms. The standard InChI is InChI=1S/C14H10N2O3S/c1-8(17)11(14(18)19-2)5-10-7-20-13-9(6-15)3-4-16-12(10)13/h3-5,7H,1-2H3/b11-5+. The maximum Gasteiger partial charge on any atom is 0.341 e. The molecule has 0 aliphatic carbocycles. The molecule has 0 unspecified atom stereocenters. The smallest absolute Gasteiger partial charge is 0.341 e. The van der Waals surface area contributed by atoms with E-state index in [2.05, 4.69) is 15.8 Å². The second-order valence-electron chi connectivity index (χ2n) is 3.94. The van der Waals surface area contributed by atoms with Gasteiger partial charge in [-0.15, -0.1) is 11.3 Å². The Morgan fingerprint density at radius 2 is 2.25 bits per heavy atom. The summed E-state index contributed by atoms with van der Waals surface area (Å²) in [6.07, 6.45) is 2.97. The number of ether oxygens (including phenoxy) is 1. The van der Waals surface area contributed by atoms with Gasteiger partial charge in [0.2, 0.25) is 0 Å². The highest BCUT2D eigenvalue weighted by atomic mass is 32.1. The molecule has 0 amide bonds. The van der Waals surface area contributed by atoms with E-state index in [0.29, 0.717) is 16.6 Å². The van der Waals surface area contributed by atoms with Crippen LogP contribution in [0.1, 0.15) is 18.1 Å². The average Bonchev–Trinajstić information content (AvgIpc) is 2.86. The zero-order valence-electron chi connectivity index (χ0n) is 10.8. The molecule has 2 aromatic heterocycles. The van der Waals surface area contributed by atoms with Gasteiger partial charge in [-0.25, -0.2) is 4.79 Å². The SMILES string of the molecule is COC(=O)/C(=C/c1csc2c(C#N)ccnc12)C(C)=O. The van der Waals surface area contributed by atoms with Crippen molar-refractivity contribution in [3.63, 3.8) is 0 Å². The van der Waals surface area contributed by atoms with Crippen LogP contribution in [0.3, 0.4) is 0 Å². The van der Waals surface area contributed by atoms with Crippen LogP contribution in [-0.4, -0.2) is 23.8 Å². The van der Waals surface area contributed by atoms with Gasteiger partial charge in [0.25, 0.3) is 0 Å². The summed E-state index contributed by atoms with van der Waals surface area (Å²) in [6, 6.07) is 3.71. The molecule has 0 aliphatic heterocycles. The lowest BCUT2D eigenvalue weighted by Gasteiger charge is -2.00. The van der Waals surface area contributed by atoms with Crippen LogP contribution < -0.4 is 0 Å². The predicted octanol–water partition coefficient (Wildman–Crippen LogP) is 2.31. The summed E-state index contributed by atoms with van der Waals surface area (Å²) in [5.41, 5.74) is 1.69. The molecule has 20 heavy (non-hydrogen) atoms. The number of hydrogen-bond donors (Lipinski definition) is 0. The van der Waals surface area contributed by atoms with Crippen molar-refractivity contribution in [3.05, 3.63) is 34.3 Å². The van der Waals surface area contributed by atoms with Gasteiger partial charge in [-0.3, -0.25) is 9.78 Å². The summed E-state index contributed by atoms with van der Waals surface area (Å²) in [4.78, 5) is 27.2. The molecule has 0 aliphatic rings. The molecule has 0 N–H and O–H groups in total. The van der Waals surface area contributed by atoms with Gasteiger partial charge < -0.3 is 4.74 Å². The van der Waals surface area contributed by atoms with Gasteiger partial charge in [0.1, 0.15) is 11.6 Å². The first kappa shape index (κ1) is 13.9. The summed E-state index contributed by atoms with van der Waals surface area (Å²) in [5.74, 6) is -1.07. The fourth-order valence-corrected chi connectivity index (χ4v) is 2.66. The first-order valence-electron chi connectivity index (χ1n) is 5.65. The van der Waals surface area contributed by atoms with E-state index in [4.69, 9.17) is 5.26 Å². The van der Waals surface area contributed by atoms with E-state index in [0.717, 1.165) is 4.70 Å². The monoisotopic (exact) mass is 286 g/mol. The zero-order valence-corrected chi connectivity index (χ0v) is 11.7. The molecule has 100 valence electrons. The van der Waals surface area contributed by atoms with Crippen molar-refractivity contribution in [1.29, 1.82) is 5.26 Å². The van der Waals surface area contributed by atoms with Crippen molar-refractivity contribution >= 4 is 39.4 Å². The number of carbonyl (C=O) groups excluding carboxylic acids is 2. The molecule has 0 saturated heterocycles. The van der Waals surface area contributed by atoms with Crippen LogP contribution in [0.4, 0.5) is 0 Å². The molecule has 2 aromatic rings. The molecule has 0 radical (unpaired) electrons. The second-order valence-corrected chi connectivity index (χ2v) is 4.82. The Balaban J connectivity index is 2.62. The third-order valence-electron chi connectivity index (χ3n) is 2.69. The molecule has 0 saturated carbocycles. The number of ketones is 1. The van der Waals surface area contributed by atoms with Crippen LogP contribution >= 0.6 is 11.3 Å². The number of pyridine rings is 1. The lowest BCUT2D eigenvalue weighted by atomic mass is 10.1. The van der Waals surface area contributed by atoms with E-state index in [9.17, 15) is 9.59 Å². The Labute approximate surface area is 119 Å². The number of nitriles is 1. The highest BCUT2D eigenvalue weighted by Crippen LogP contribution is 2.28. The summed E-state index contributed by atoms with van der Waals surface area (Å²) in [6.45, 7) is 1.30. The van der Waals surface area contributed by atoms with E-state index in [-0.39, 0.29) is 11.4 Å². The Morgan fingerprint density at radius 1 is 1.50 bits per heavy atom. The number of methoxy groups -OCH3 is 1. The van der Waals surface area contributed by atoms with Crippen LogP contribution in [0.15, 0.2) is 23.2 Å². The van der Waals surface area contributed by atoms with E-state index in [1.165, 1.54) is 37.6 Å². The van der Waals surface area contributed by atoms with Crippen molar-refractivity contribution in [3.8, 4) is 6.07 Å². The van der Waals surface area contributed by atoms with Crippen LogP contribution in [0.25, 0.3) is 16.3 Å². The van der Waals surface area contributed by atoms with Gasteiger partial charge in [0.15, 0.2) is 5.78 Å². The predicted molar refractivity (Wildman–Crippen MR) is 75.0 cm³/mol. The number of nitrogens with zero attached hydrogens (tertiary/aromatic N) is 2. The van der Waals surface area contributed by atoms with Crippen molar-refractivity contribution in [2.45, 2.75) is 6.92 Å². The number of fused-ring (bicyclic) bond motifs is 1. The molecule has 0 bridgehead atoms. The minimum atomic E-state index is -0.687. The fraction of sp³-hybridized carbons (Fsp3) is 0.143. The van der Waals surface area contributed by atoms with Gasteiger partial charge in [-0.1, -0.05) is 0 Å². The quantitative estimate of drug-likeness (QED) is 0.374. The maximum absolute atomic E-state index is 11.6. The number of rotatable bonds is 3. The molecule has 5 nitrogen and oxygen atoms in total. The lowest BCUT2D eigenvalue weighted by molar-refractivity contribution is -0.137. The van der Waals surface area contributed by atoms with Crippen molar-refractivity contribution in [2.24, 2.45) is 0 Å². The molecule has 0 aromatic carbocycles. The third kappa shape index (κ3) is 2.44. The van der Waals surface area contributed by atoms with E-state index >= 15 is 0 Å². The minimum Gasteiger partial charge on any atom is -0.465 e. The summed E-state index contributed by atoms with van der Waals surface area (Å²) in [7, 11) is 1.22. The first-order valence-corrected chi connectivity index (χ1v) is 6.53. The third-order valence-corrected chi connectivity index (χ3v) is 3.71. The highest BCUT2D eigenvalue weighted by Gasteiger charge is 2.16. The van der Waals surface area contributed by atoms with Crippen LogP contribution in [0, 0.1) is 11.3 Å². The number of thiophene rings is 1. The van der Waals surface area contributed by atoms with E-state index in [1.54, 1.807) is 11.4 Å². The first-order chi connectivity index (χ1) is 9.58. The zero-order chi connectivity index (χ0) is 14.7. The Bertz CT molecular complexity index is 768. The molecule has 6 heteroatoms.